The average Bonchev–Trinajstić information content (AvgIpc) is 2.38. The molecule has 6 heteroatoms. The summed E-state index contributed by atoms with van der Waals surface area (Å²) in [6.07, 6.45) is 5.95. The summed E-state index contributed by atoms with van der Waals surface area (Å²) in [5.74, 6) is 0. The fourth-order valence-corrected chi connectivity index (χ4v) is 3.99. The molecule has 5 nitrogen and oxygen atoms in total. The van der Waals surface area contributed by atoms with E-state index in [2.05, 4.69) is 4.90 Å². The van der Waals surface area contributed by atoms with Crippen LogP contribution in [-0.2, 0) is 14.6 Å². The molecule has 0 heterocycles. The summed E-state index contributed by atoms with van der Waals surface area (Å²) in [6, 6.07) is 0.357. The van der Waals surface area contributed by atoms with Gasteiger partial charge in [0.1, 0.15) is 9.84 Å². The Balaban J connectivity index is 2.61. The van der Waals surface area contributed by atoms with Crippen LogP contribution >= 0.6 is 0 Å². The van der Waals surface area contributed by atoms with Crippen molar-refractivity contribution >= 4 is 9.84 Å². The number of ether oxygens (including phenoxy) is 1. The first-order valence-electron chi connectivity index (χ1n) is 7.11. The lowest BCUT2D eigenvalue weighted by Gasteiger charge is -2.37. The van der Waals surface area contributed by atoms with E-state index in [-0.39, 0.29) is 5.25 Å². The molecule has 19 heavy (non-hydrogen) atoms. The van der Waals surface area contributed by atoms with Crippen LogP contribution in [-0.4, -0.2) is 64.2 Å². The van der Waals surface area contributed by atoms with E-state index in [0.717, 1.165) is 45.2 Å². The second-order valence-electron chi connectivity index (χ2n) is 5.44. The lowest BCUT2D eigenvalue weighted by Crippen LogP contribution is -2.44. The van der Waals surface area contributed by atoms with Gasteiger partial charge in [0, 0.05) is 26.0 Å². The molecule has 2 N–H and O–H groups in total. The van der Waals surface area contributed by atoms with Gasteiger partial charge in [0.15, 0.2) is 0 Å². The van der Waals surface area contributed by atoms with Crippen molar-refractivity contribution in [3.8, 4) is 0 Å². The van der Waals surface area contributed by atoms with E-state index in [1.165, 1.54) is 6.26 Å². The number of sulfone groups is 1. The van der Waals surface area contributed by atoms with E-state index in [4.69, 9.17) is 10.5 Å². The summed E-state index contributed by atoms with van der Waals surface area (Å²) in [7, 11) is -1.22. The van der Waals surface area contributed by atoms with Crippen molar-refractivity contribution in [1.82, 2.24) is 4.90 Å². The number of methoxy groups -OCH3 is 1. The Morgan fingerprint density at radius 1 is 1.32 bits per heavy atom. The summed E-state index contributed by atoms with van der Waals surface area (Å²) in [6.45, 7) is 3.15. The van der Waals surface area contributed by atoms with Gasteiger partial charge in [-0.15, -0.1) is 0 Å². The molecule has 1 aliphatic rings. The molecule has 0 radical (unpaired) electrons. The minimum Gasteiger partial charge on any atom is -0.383 e. The highest BCUT2D eigenvalue weighted by Crippen LogP contribution is 2.27. The fraction of sp³-hybridized carbons (Fsp3) is 1.00. The number of nitrogens with two attached hydrogens (primary N) is 1. The Hall–Kier alpha value is -0.170. The van der Waals surface area contributed by atoms with Crippen molar-refractivity contribution in [1.29, 1.82) is 0 Å². The van der Waals surface area contributed by atoms with Gasteiger partial charge in [-0.05, 0) is 38.8 Å². The van der Waals surface area contributed by atoms with Gasteiger partial charge >= 0.3 is 0 Å². The third-order valence-corrected chi connectivity index (χ3v) is 5.59. The van der Waals surface area contributed by atoms with Gasteiger partial charge in [0.2, 0.25) is 0 Å². The van der Waals surface area contributed by atoms with Crippen LogP contribution in [0.4, 0.5) is 0 Å². The van der Waals surface area contributed by atoms with Gasteiger partial charge in [-0.1, -0.05) is 6.42 Å². The van der Waals surface area contributed by atoms with Crippen LogP contribution in [0.15, 0.2) is 0 Å². The van der Waals surface area contributed by atoms with Crippen LogP contribution in [0, 0.1) is 0 Å². The highest BCUT2D eigenvalue weighted by atomic mass is 32.2. The van der Waals surface area contributed by atoms with Crippen LogP contribution in [0.5, 0.6) is 0 Å². The zero-order chi connectivity index (χ0) is 14.3. The Morgan fingerprint density at radius 2 is 2.05 bits per heavy atom. The minimum atomic E-state index is -2.92. The summed E-state index contributed by atoms with van der Waals surface area (Å²) in [4.78, 5) is 2.35. The lowest BCUT2D eigenvalue weighted by atomic mass is 9.93. The molecule has 0 bridgehead atoms. The molecule has 1 rings (SSSR count). The van der Waals surface area contributed by atoms with Crippen LogP contribution in [0.25, 0.3) is 0 Å². The quantitative estimate of drug-likeness (QED) is 0.711. The van der Waals surface area contributed by atoms with E-state index in [1.807, 2.05) is 0 Å². The monoisotopic (exact) mass is 292 g/mol. The summed E-state index contributed by atoms with van der Waals surface area (Å²) in [5, 5.41) is -0.172. The molecule has 0 saturated heterocycles. The third kappa shape index (κ3) is 5.77. The topological polar surface area (TPSA) is 72.6 Å². The van der Waals surface area contributed by atoms with Crippen LogP contribution < -0.4 is 5.73 Å². The standard InChI is InChI=1S/C13H28N2O3S/c1-18-10-9-15(8-4-7-14)12-5-3-6-13(11-12)19(2,16)17/h12-13H,3-11,14H2,1-2H3. The Kier molecular flexibility index (Phi) is 7.28. The molecule has 0 amide bonds. The average molecular weight is 292 g/mol. The highest BCUT2D eigenvalue weighted by Gasteiger charge is 2.31. The maximum Gasteiger partial charge on any atom is 0.150 e. The molecule has 0 aromatic heterocycles. The summed E-state index contributed by atoms with van der Waals surface area (Å²) < 4.78 is 28.6. The Morgan fingerprint density at radius 3 is 2.63 bits per heavy atom. The van der Waals surface area contributed by atoms with Gasteiger partial charge in [-0.3, -0.25) is 4.90 Å². The number of hydrogen-bond acceptors (Lipinski definition) is 5. The van der Waals surface area contributed by atoms with Crippen molar-refractivity contribution in [2.75, 3.05) is 39.6 Å². The fourth-order valence-electron chi connectivity index (χ4n) is 2.82. The summed E-state index contributed by atoms with van der Waals surface area (Å²) in [5.41, 5.74) is 5.58. The molecule has 0 spiro atoms. The maximum absolute atomic E-state index is 11.7. The number of nitrogens with zero attached hydrogens (tertiary/aromatic N) is 1. The molecule has 0 aromatic carbocycles. The minimum absolute atomic E-state index is 0.172. The zero-order valence-corrected chi connectivity index (χ0v) is 13.0. The molecule has 0 aliphatic heterocycles. The first kappa shape index (κ1) is 16.9. The first-order chi connectivity index (χ1) is 8.99. The van der Waals surface area contributed by atoms with E-state index in [0.29, 0.717) is 19.2 Å². The molecule has 2 atom stereocenters. The van der Waals surface area contributed by atoms with Crippen molar-refractivity contribution < 1.29 is 13.2 Å². The van der Waals surface area contributed by atoms with E-state index in [1.54, 1.807) is 7.11 Å². The van der Waals surface area contributed by atoms with Gasteiger partial charge in [-0.2, -0.15) is 0 Å². The number of rotatable bonds is 8. The molecular formula is C13H28N2O3S. The van der Waals surface area contributed by atoms with Crippen LogP contribution in [0.2, 0.25) is 0 Å². The second kappa shape index (κ2) is 8.19. The van der Waals surface area contributed by atoms with Crippen molar-refractivity contribution in [3.05, 3.63) is 0 Å². The molecule has 1 aliphatic carbocycles. The largest absolute Gasteiger partial charge is 0.383 e. The Labute approximate surface area is 117 Å². The molecule has 1 fully saturated rings. The van der Waals surface area contributed by atoms with E-state index >= 15 is 0 Å². The normalized spacial score (nSPS) is 24.8. The Bertz CT molecular complexity index is 338. The predicted molar refractivity (Wildman–Crippen MR) is 78.0 cm³/mol. The lowest BCUT2D eigenvalue weighted by molar-refractivity contribution is 0.102. The first-order valence-corrected chi connectivity index (χ1v) is 9.06. The van der Waals surface area contributed by atoms with Crippen molar-refractivity contribution in [2.24, 2.45) is 5.73 Å². The molecule has 2 unspecified atom stereocenters. The van der Waals surface area contributed by atoms with Gasteiger partial charge in [-0.25, -0.2) is 8.42 Å². The van der Waals surface area contributed by atoms with Crippen LogP contribution in [0.3, 0.4) is 0 Å². The highest BCUT2D eigenvalue weighted by molar-refractivity contribution is 7.91. The smallest absolute Gasteiger partial charge is 0.150 e. The van der Waals surface area contributed by atoms with Crippen molar-refractivity contribution in [3.63, 3.8) is 0 Å². The van der Waals surface area contributed by atoms with Crippen LogP contribution in [0.1, 0.15) is 32.1 Å². The van der Waals surface area contributed by atoms with Gasteiger partial charge < -0.3 is 10.5 Å². The maximum atomic E-state index is 11.7. The van der Waals surface area contributed by atoms with E-state index < -0.39 is 9.84 Å². The molecular weight excluding hydrogens is 264 g/mol. The molecule has 0 aromatic rings. The summed E-state index contributed by atoms with van der Waals surface area (Å²) >= 11 is 0. The van der Waals surface area contributed by atoms with E-state index in [9.17, 15) is 8.42 Å². The molecule has 1 saturated carbocycles. The predicted octanol–water partition coefficient (Wildman–Crippen LogP) is 0.639. The molecule has 114 valence electrons. The van der Waals surface area contributed by atoms with Crippen molar-refractivity contribution in [2.45, 2.75) is 43.4 Å². The van der Waals surface area contributed by atoms with Gasteiger partial charge in [0.25, 0.3) is 0 Å². The SMILES string of the molecule is COCCN(CCCN)C1CCCC(S(C)(=O)=O)C1. The second-order valence-corrected chi connectivity index (χ2v) is 7.77. The van der Waals surface area contributed by atoms with Gasteiger partial charge in [0.05, 0.1) is 11.9 Å². The number of hydrogen-bond donors (Lipinski definition) is 1. The third-order valence-electron chi connectivity index (χ3n) is 3.95. The zero-order valence-electron chi connectivity index (χ0n) is 12.2.